The molecule has 1 saturated heterocycles. The summed E-state index contributed by atoms with van der Waals surface area (Å²) in [5, 5.41) is 0. The first kappa shape index (κ1) is 11.4. The molecule has 1 aromatic heterocycles. The second kappa shape index (κ2) is 5.27. The smallest absolute Gasteiger partial charge is 0.133 e. The van der Waals surface area contributed by atoms with Crippen LogP contribution < -0.4 is 10.6 Å². The summed E-state index contributed by atoms with van der Waals surface area (Å²) < 4.78 is 5.45. The van der Waals surface area contributed by atoms with Gasteiger partial charge in [0, 0.05) is 37.5 Å². The van der Waals surface area contributed by atoms with Gasteiger partial charge in [0.25, 0.3) is 0 Å². The first-order chi connectivity index (χ1) is 7.81. The van der Waals surface area contributed by atoms with Crippen LogP contribution in [0.2, 0.25) is 0 Å². The largest absolute Gasteiger partial charge is 0.380 e. The number of aryl methyl sites for hydroxylation is 1. The number of ether oxygens (including phenoxy) is 1. The topological polar surface area (TPSA) is 51.4 Å². The van der Waals surface area contributed by atoms with E-state index in [0.717, 1.165) is 49.8 Å². The van der Waals surface area contributed by atoms with Crippen LogP contribution in [-0.2, 0) is 11.3 Å². The van der Waals surface area contributed by atoms with E-state index >= 15 is 0 Å². The van der Waals surface area contributed by atoms with Gasteiger partial charge in [-0.2, -0.15) is 0 Å². The van der Waals surface area contributed by atoms with E-state index in [1.54, 1.807) is 0 Å². The van der Waals surface area contributed by atoms with Crippen LogP contribution in [0.25, 0.3) is 0 Å². The molecular weight excluding hydrogens is 202 g/mol. The monoisotopic (exact) mass is 221 g/mol. The van der Waals surface area contributed by atoms with E-state index < -0.39 is 0 Å². The summed E-state index contributed by atoms with van der Waals surface area (Å²) in [6.45, 7) is 6.09. The van der Waals surface area contributed by atoms with Crippen molar-refractivity contribution in [2.45, 2.75) is 19.9 Å². The summed E-state index contributed by atoms with van der Waals surface area (Å²) in [5.74, 6) is 1.04. The highest BCUT2D eigenvalue weighted by Gasteiger charge is 2.14. The lowest BCUT2D eigenvalue weighted by Crippen LogP contribution is -2.28. The molecule has 88 valence electrons. The molecule has 4 nitrogen and oxygen atoms in total. The number of aromatic nitrogens is 1. The van der Waals surface area contributed by atoms with Crippen LogP contribution in [-0.4, -0.2) is 31.3 Å². The molecule has 0 amide bonds. The summed E-state index contributed by atoms with van der Waals surface area (Å²) >= 11 is 0. The number of nitrogens with two attached hydrogens (primary N) is 1. The molecule has 1 fully saturated rings. The molecule has 2 rings (SSSR count). The van der Waals surface area contributed by atoms with Crippen LogP contribution in [0.5, 0.6) is 0 Å². The van der Waals surface area contributed by atoms with Gasteiger partial charge in [0.05, 0.1) is 6.61 Å². The second-order valence-electron chi connectivity index (χ2n) is 4.09. The zero-order valence-electron chi connectivity index (χ0n) is 9.78. The maximum Gasteiger partial charge on any atom is 0.133 e. The average molecular weight is 221 g/mol. The molecule has 0 unspecified atom stereocenters. The van der Waals surface area contributed by atoms with Gasteiger partial charge in [-0.1, -0.05) is 6.07 Å². The molecule has 0 bridgehead atoms. The third kappa shape index (κ3) is 2.51. The highest BCUT2D eigenvalue weighted by atomic mass is 16.5. The number of anilines is 1. The van der Waals surface area contributed by atoms with Gasteiger partial charge in [-0.25, -0.2) is 4.98 Å². The summed E-state index contributed by atoms with van der Waals surface area (Å²) in [6, 6.07) is 4.09. The zero-order chi connectivity index (χ0) is 11.4. The van der Waals surface area contributed by atoms with Crippen LogP contribution in [0.1, 0.15) is 17.7 Å². The van der Waals surface area contributed by atoms with Crippen LogP contribution in [0.15, 0.2) is 12.1 Å². The molecule has 0 aliphatic carbocycles. The molecule has 0 radical (unpaired) electrons. The SMILES string of the molecule is Cc1ccc(CN)c(N2CCCOCC2)n1. The van der Waals surface area contributed by atoms with Crippen LogP contribution in [0.4, 0.5) is 5.82 Å². The van der Waals surface area contributed by atoms with Crippen LogP contribution >= 0.6 is 0 Å². The van der Waals surface area contributed by atoms with Crippen molar-refractivity contribution in [3.8, 4) is 0 Å². The Kier molecular flexibility index (Phi) is 3.74. The van der Waals surface area contributed by atoms with Gasteiger partial charge in [0.15, 0.2) is 0 Å². The highest BCUT2D eigenvalue weighted by Crippen LogP contribution is 2.19. The van der Waals surface area contributed by atoms with Gasteiger partial charge in [-0.15, -0.1) is 0 Å². The fourth-order valence-corrected chi connectivity index (χ4v) is 1.96. The number of nitrogens with zero attached hydrogens (tertiary/aromatic N) is 2. The summed E-state index contributed by atoms with van der Waals surface area (Å²) in [4.78, 5) is 6.88. The Morgan fingerprint density at radius 1 is 1.38 bits per heavy atom. The van der Waals surface area contributed by atoms with Crippen molar-refractivity contribution >= 4 is 5.82 Å². The molecule has 0 spiro atoms. The van der Waals surface area contributed by atoms with E-state index in [9.17, 15) is 0 Å². The molecule has 1 aliphatic heterocycles. The van der Waals surface area contributed by atoms with Gasteiger partial charge < -0.3 is 15.4 Å². The Bertz CT molecular complexity index is 346. The Morgan fingerprint density at radius 3 is 3.06 bits per heavy atom. The fourth-order valence-electron chi connectivity index (χ4n) is 1.96. The second-order valence-corrected chi connectivity index (χ2v) is 4.09. The molecule has 0 saturated carbocycles. The average Bonchev–Trinajstić information content (AvgIpc) is 2.57. The minimum absolute atomic E-state index is 0.542. The van der Waals surface area contributed by atoms with Gasteiger partial charge in [-0.05, 0) is 19.4 Å². The maximum atomic E-state index is 5.75. The quantitative estimate of drug-likeness (QED) is 0.811. The molecule has 2 heterocycles. The first-order valence-corrected chi connectivity index (χ1v) is 5.80. The predicted octanol–water partition coefficient (Wildman–Crippen LogP) is 1.08. The van der Waals surface area contributed by atoms with Crippen molar-refractivity contribution in [3.63, 3.8) is 0 Å². The van der Waals surface area contributed by atoms with Gasteiger partial charge in [0.2, 0.25) is 0 Å². The molecule has 0 aromatic carbocycles. The summed E-state index contributed by atoms with van der Waals surface area (Å²) in [5.41, 5.74) is 7.91. The van der Waals surface area contributed by atoms with Crippen LogP contribution in [0.3, 0.4) is 0 Å². The van der Waals surface area contributed by atoms with Gasteiger partial charge in [0.1, 0.15) is 5.82 Å². The third-order valence-electron chi connectivity index (χ3n) is 2.84. The number of pyridine rings is 1. The van der Waals surface area contributed by atoms with E-state index in [0.29, 0.717) is 6.54 Å². The van der Waals surface area contributed by atoms with Crippen molar-refractivity contribution in [2.75, 3.05) is 31.2 Å². The maximum absolute atomic E-state index is 5.75. The van der Waals surface area contributed by atoms with Crippen molar-refractivity contribution in [1.29, 1.82) is 0 Å². The molecule has 16 heavy (non-hydrogen) atoms. The lowest BCUT2D eigenvalue weighted by Gasteiger charge is -2.23. The number of hydrogen-bond donors (Lipinski definition) is 1. The fraction of sp³-hybridized carbons (Fsp3) is 0.583. The Labute approximate surface area is 96.4 Å². The lowest BCUT2D eigenvalue weighted by molar-refractivity contribution is 0.152. The Morgan fingerprint density at radius 2 is 2.25 bits per heavy atom. The Balaban J connectivity index is 2.25. The normalized spacial score (nSPS) is 17.2. The molecule has 1 aromatic rings. The van der Waals surface area contributed by atoms with Gasteiger partial charge in [-0.3, -0.25) is 0 Å². The minimum atomic E-state index is 0.542. The molecule has 4 heteroatoms. The minimum Gasteiger partial charge on any atom is -0.380 e. The lowest BCUT2D eigenvalue weighted by atomic mass is 10.2. The predicted molar refractivity (Wildman–Crippen MR) is 64.5 cm³/mol. The molecular formula is C12H19N3O. The van der Waals surface area contributed by atoms with Gasteiger partial charge >= 0.3 is 0 Å². The van der Waals surface area contributed by atoms with E-state index in [4.69, 9.17) is 10.5 Å². The molecule has 2 N–H and O–H groups in total. The van der Waals surface area contributed by atoms with Crippen molar-refractivity contribution in [1.82, 2.24) is 4.98 Å². The third-order valence-corrected chi connectivity index (χ3v) is 2.84. The standard InChI is InChI=1S/C12H19N3O/c1-10-3-4-11(9-13)12(14-10)15-5-2-7-16-8-6-15/h3-4H,2,5-9,13H2,1H3. The Hall–Kier alpha value is -1.13. The van der Waals surface area contributed by atoms with E-state index in [-0.39, 0.29) is 0 Å². The van der Waals surface area contributed by atoms with Crippen molar-refractivity contribution in [3.05, 3.63) is 23.4 Å². The summed E-state index contributed by atoms with van der Waals surface area (Å²) in [6.07, 6.45) is 1.06. The first-order valence-electron chi connectivity index (χ1n) is 5.80. The van der Waals surface area contributed by atoms with Crippen molar-refractivity contribution < 1.29 is 4.74 Å². The highest BCUT2D eigenvalue weighted by molar-refractivity contribution is 5.47. The van der Waals surface area contributed by atoms with E-state index in [2.05, 4.69) is 16.0 Å². The molecule has 1 aliphatic rings. The van der Waals surface area contributed by atoms with Crippen molar-refractivity contribution in [2.24, 2.45) is 5.73 Å². The zero-order valence-corrected chi connectivity index (χ0v) is 9.78. The van der Waals surface area contributed by atoms with Crippen LogP contribution in [0, 0.1) is 6.92 Å². The van der Waals surface area contributed by atoms with E-state index in [1.165, 1.54) is 0 Å². The number of rotatable bonds is 2. The summed E-state index contributed by atoms with van der Waals surface area (Å²) in [7, 11) is 0. The number of hydrogen-bond acceptors (Lipinski definition) is 4. The van der Waals surface area contributed by atoms with E-state index in [1.807, 2.05) is 13.0 Å². The molecule has 0 atom stereocenters.